The van der Waals surface area contributed by atoms with Crippen LogP contribution in [0.5, 0.6) is 5.75 Å². The number of aryl methyl sites for hydroxylation is 1. The van der Waals surface area contributed by atoms with Gasteiger partial charge in [-0.05, 0) is 45.0 Å². The molecule has 0 radical (unpaired) electrons. The lowest BCUT2D eigenvalue weighted by Gasteiger charge is -2.23. The quantitative estimate of drug-likeness (QED) is 0.428. The molecule has 2 aromatic heterocycles. The Balaban J connectivity index is 1.45. The van der Waals surface area contributed by atoms with Crippen molar-refractivity contribution in [2.45, 2.75) is 32.7 Å². The maximum atomic E-state index is 11.6. The average molecular weight is 421 g/mol. The molecule has 0 bridgehead atoms. The number of ether oxygens (including phenoxy) is 1. The van der Waals surface area contributed by atoms with E-state index in [1.54, 1.807) is 29.8 Å². The number of aromatic nitrogens is 2. The van der Waals surface area contributed by atoms with Gasteiger partial charge in [-0.15, -0.1) is 11.3 Å². The molecule has 1 N–H and O–H groups in total. The van der Waals surface area contributed by atoms with E-state index in [9.17, 15) is 9.90 Å². The van der Waals surface area contributed by atoms with Gasteiger partial charge in [0.2, 0.25) is 0 Å². The minimum absolute atomic E-state index is 0.533. The van der Waals surface area contributed by atoms with Crippen molar-refractivity contribution in [3.8, 4) is 16.3 Å². The first-order valence-electron chi connectivity index (χ1n) is 9.86. The lowest BCUT2D eigenvalue weighted by atomic mass is 10.1. The Morgan fingerprint density at radius 1 is 1.17 bits per heavy atom. The van der Waals surface area contributed by atoms with E-state index in [4.69, 9.17) is 9.72 Å². The predicted octanol–water partition coefficient (Wildman–Crippen LogP) is 5.51. The first-order chi connectivity index (χ1) is 14.4. The number of hydrogen-bond donors (Lipinski definition) is 1. The van der Waals surface area contributed by atoms with Crippen molar-refractivity contribution in [1.82, 2.24) is 9.55 Å². The topological polar surface area (TPSA) is 64.4 Å². The predicted molar refractivity (Wildman–Crippen MR) is 120 cm³/mol. The van der Waals surface area contributed by atoms with E-state index < -0.39 is 11.5 Å². The minimum atomic E-state index is -1.01. The van der Waals surface area contributed by atoms with E-state index in [0.29, 0.717) is 6.61 Å². The molecule has 4 rings (SSSR count). The van der Waals surface area contributed by atoms with Crippen LogP contribution in [0.1, 0.15) is 24.4 Å². The monoisotopic (exact) mass is 420 g/mol. The van der Waals surface area contributed by atoms with Crippen LogP contribution in [-0.4, -0.2) is 27.2 Å². The molecule has 154 valence electrons. The minimum Gasteiger partial charge on any atom is -0.493 e. The zero-order valence-electron chi connectivity index (χ0n) is 17.3. The highest BCUT2D eigenvalue weighted by Crippen LogP contribution is 2.29. The molecule has 4 aromatic rings. The summed E-state index contributed by atoms with van der Waals surface area (Å²) in [7, 11) is 0. The summed E-state index contributed by atoms with van der Waals surface area (Å²) >= 11 is 1.71. The molecule has 30 heavy (non-hydrogen) atoms. The molecular formula is C24H24N2O3S. The van der Waals surface area contributed by atoms with Crippen LogP contribution in [0.25, 0.3) is 21.5 Å². The third-order valence-corrected chi connectivity index (χ3v) is 6.37. The molecule has 0 saturated heterocycles. The van der Waals surface area contributed by atoms with E-state index in [1.165, 1.54) is 4.88 Å². The number of benzene rings is 2. The Bertz CT molecular complexity index is 1190. The second kappa shape index (κ2) is 7.95. The SMILES string of the molecule is Cc1sc(-c2ccccc2)nc1CCOc1ccc2c(ccn2C(C)(C)C(=O)O)c1. The standard InChI is InChI=1S/C24H24N2O3S/c1-16-20(25-22(30-16)17-7-5-4-6-8-17)12-14-29-19-9-10-21-18(15-19)11-13-26(21)24(2,3)23(27)28/h4-11,13,15H,12,14H2,1-3H3,(H,27,28). The Labute approximate surface area is 179 Å². The number of carbonyl (C=O) groups is 1. The number of fused-ring (bicyclic) bond motifs is 1. The highest BCUT2D eigenvalue weighted by Gasteiger charge is 2.30. The lowest BCUT2D eigenvalue weighted by molar-refractivity contribution is -0.145. The zero-order chi connectivity index (χ0) is 21.3. The fraction of sp³-hybridized carbons (Fsp3) is 0.250. The van der Waals surface area contributed by atoms with Gasteiger partial charge in [0.15, 0.2) is 0 Å². The van der Waals surface area contributed by atoms with E-state index >= 15 is 0 Å². The lowest BCUT2D eigenvalue weighted by Crippen LogP contribution is -2.34. The molecule has 0 amide bonds. The number of carboxylic acids is 1. The van der Waals surface area contributed by atoms with Gasteiger partial charge in [-0.25, -0.2) is 9.78 Å². The van der Waals surface area contributed by atoms with Gasteiger partial charge < -0.3 is 14.4 Å². The van der Waals surface area contributed by atoms with Gasteiger partial charge in [-0.2, -0.15) is 0 Å². The van der Waals surface area contributed by atoms with Gasteiger partial charge in [0.05, 0.1) is 12.3 Å². The Morgan fingerprint density at radius 2 is 1.93 bits per heavy atom. The fourth-order valence-corrected chi connectivity index (χ4v) is 4.40. The van der Waals surface area contributed by atoms with Crippen LogP contribution < -0.4 is 4.74 Å². The largest absolute Gasteiger partial charge is 0.493 e. The Hall–Kier alpha value is -3.12. The van der Waals surface area contributed by atoms with Gasteiger partial charge in [0.1, 0.15) is 16.3 Å². The number of nitrogens with zero attached hydrogens (tertiary/aromatic N) is 2. The molecule has 0 aliphatic heterocycles. The summed E-state index contributed by atoms with van der Waals surface area (Å²) in [4.78, 5) is 17.6. The highest BCUT2D eigenvalue weighted by molar-refractivity contribution is 7.15. The van der Waals surface area contributed by atoms with Gasteiger partial charge >= 0.3 is 5.97 Å². The van der Waals surface area contributed by atoms with Crippen molar-refractivity contribution in [3.05, 3.63) is 71.4 Å². The Morgan fingerprint density at radius 3 is 2.67 bits per heavy atom. The maximum Gasteiger partial charge on any atom is 0.329 e. The average Bonchev–Trinajstić information content (AvgIpc) is 3.32. The maximum absolute atomic E-state index is 11.6. The second-order valence-corrected chi connectivity index (χ2v) is 8.96. The molecule has 0 atom stereocenters. The van der Waals surface area contributed by atoms with Crippen LogP contribution in [0.15, 0.2) is 60.8 Å². The number of carboxylic acid groups (broad SMARTS) is 1. The van der Waals surface area contributed by atoms with Gasteiger partial charge in [0.25, 0.3) is 0 Å². The van der Waals surface area contributed by atoms with Gasteiger partial charge in [0, 0.05) is 34.0 Å². The van der Waals surface area contributed by atoms with E-state index in [1.807, 2.05) is 48.7 Å². The third kappa shape index (κ3) is 3.83. The number of hydrogen-bond acceptors (Lipinski definition) is 4. The molecular weight excluding hydrogens is 396 g/mol. The first kappa shape index (κ1) is 20.2. The molecule has 0 spiro atoms. The Kier molecular flexibility index (Phi) is 5.35. The smallest absolute Gasteiger partial charge is 0.329 e. The fourth-order valence-electron chi connectivity index (χ4n) is 3.43. The van der Waals surface area contributed by atoms with E-state index in [0.717, 1.165) is 39.3 Å². The van der Waals surface area contributed by atoms with Crippen LogP contribution in [0.2, 0.25) is 0 Å². The van der Waals surface area contributed by atoms with Crippen LogP contribution in [0.3, 0.4) is 0 Å². The summed E-state index contributed by atoms with van der Waals surface area (Å²) in [5, 5.41) is 11.5. The zero-order valence-corrected chi connectivity index (χ0v) is 18.1. The van der Waals surface area contributed by atoms with E-state index in [2.05, 4.69) is 19.1 Å². The summed E-state index contributed by atoms with van der Waals surface area (Å²) in [5.41, 5.74) is 2.06. The van der Waals surface area contributed by atoms with Crippen LogP contribution >= 0.6 is 11.3 Å². The summed E-state index contributed by atoms with van der Waals surface area (Å²) in [5.74, 6) is -0.0987. The third-order valence-electron chi connectivity index (χ3n) is 5.31. The molecule has 5 nitrogen and oxygen atoms in total. The van der Waals surface area contributed by atoms with Crippen LogP contribution in [-0.2, 0) is 16.8 Å². The van der Waals surface area contributed by atoms with Crippen molar-refractivity contribution < 1.29 is 14.6 Å². The van der Waals surface area contributed by atoms with Crippen molar-refractivity contribution >= 4 is 28.2 Å². The van der Waals surface area contributed by atoms with E-state index in [-0.39, 0.29) is 0 Å². The second-order valence-electron chi connectivity index (χ2n) is 7.76. The number of aliphatic carboxylic acids is 1. The van der Waals surface area contributed by atoms with Gasteiger partial charge in [-0.3, -0.25) is 0 Å². The van der Waals surface area contributed by atoms with Crippen LogP contribution in [0.4, 0.5) is 0 Å². The molecule has 0 unspecified atom stereocenters. The molecule has 0 saturated carbocycles. The van der Waals surface area contributed by atoms with Crippen molar-refractivity contribution in [2.75, 3.05) is 6.61 Å². The van der Waals surface area contributed by atoms with Crippen molar-refractivity contribution in [1.29, 1.82) is 0 Å². The van der Waals surface area contributed by atoms with Gasteiger partial charge in [-0.1, -0.05) is 30.3 Å². The van der Waals surface area contributed by atoms with Crippen LogP contribution in [0, 0.1) is 6.92 Å². The summed E-state index contributed by atoms with van der Waals surface area (Å²) in [6, 6.07) is 17.9. The number of rotatable bonds is 7. The first-order valence-corrected chi connectivity index (χ1v) is 10.7. The summed E-state index contributed by atoms with van der Waals surface area (Å²) in [6.45, 7) is 6.02. The van der Waals surface area contributed by atoms with Crippen molar-refractivity contribution in [2.24, 2.45) is 0 Å². The molecule has 0 fully saturated rings. The highest BCUT2D eigenvalue weighted by atomic mass is 32.1. The molecule has 0 aliphatic carbocycles. The molecule has 0 aliphatic rings. The molecule has 2 heterocycles. The normalized spacial score (nSPS) is 11.7. The molecule has 6 heteroatoms. The summed E-state index contributed by atoms with van der Waals surface area (Å²) < 4.78 is 7.75. The van der Waals surface area contributed by atoms with Crippen molar-refractivity contribution in [3.63, 3.8) is 0 Å². The molecule has 2 aromatic carbocycles. The summed E-state index contributed by atoms with van der Waals surface area (Å²) in [6.07, 6.45) is 2.55. The number of thiazole rings is 1.